The normalized spacial score (nSPS) is 14.6. The summed E-state index contributed by atoms with van der Waals surface area (Å²) in [5.74, 6) is -1.19. The number of nitrogens with zero attached hydrogens (tertiary/aromatic N) is 2. The lowest BCUT2D eigenvalue weighted by molar-refractivity contribution is -0.117. The van der Waals surface area contributed by atoms with Crippen LogP contribution in [-0.2, 0) is 21.6 Å². The van der Waals surface area contributed by atoms with Gasteiger partial charge in [-0.05, 0) is 42.0 Å². The second-order valence-electron chi connectivity index (χ2n) is 7.70. The SMILES string of the molecule is N#CCCCCOc1ccc2cc(OCc3ccccc3)c(N3CC(=O)NS3(=O)=O)c(F)c2c1. The molecule has 176 valence electrons. The third kappa shape index (κ3) is 5.05. The Morgan fingerprint density at radius 2 is 1.88 bits per heavy atom. The van der Waals surface area contributed by atoms with Gasteiger partial charge in [-0.1, -0.05) is 36.4 Å². The van der Waals surface area contributed by atoms with Crippen LogP contribution in [0.1, 0.15) is 24.8 Å². The molecule has 1 aliphatic rings. The van der Waals surface area contributed by atoms with E-state index in [4.69, 9.17) is 14.7 Å². The molecule has 0 radical (unpaired) electrons. The molecule has 1 N–H and O–H groups in total. The maximum atomic E-state index is 15.8. The molecule has 0 saturated carbocycles. The highest BCUT2D eigenvalue weighted by Gasteiger charge is 2.38. The van der Waals surface area contributed by atoms with Gasteiger partial charge in [0.15, 0.2) is 5.82 Å². The van der Waals surface area contributed by atoms with Gasteiger partial charge in [0.25, 0.3) is 5.91 Å². The van der Waals surface area contributed by atoms with Crippen LogP contribution in [0, 0.1) is 17.1 Å². The summed E-state index contributed by atoms with van der Waals surface area (Å²) < 4.78 is 54.9. The van der Waals surface area contributed by atoms with Crippen LogP contribution in [0.15, 0.2) is 54.6 Å². The van der Waals surface area contributed by atoms with E-state index in [1.54, 1.807) is 18.2 Å². The van der Waals surface area contributed by atoms with Gasteiger partial charge in [-0.2, -0.15) is 13.7 Å². The van der Waals surface area contributed by atoms with Gasteiger partial charge in [-0.3, -0.25) is 4.79 Å². The number of carbonyl (C=O) groups is 1. The van der Waals surface area contributed by atoms with Crippen LogP contribution in [0.2, 0.25) is 0 Å². The van der Waals surface area contributed by atoms with Crippen molar-refractivity contribution in [2.24, 2.45) is 0 Å². The number of carbonyl (C=O) groups excluding carboxylic acids is 1. The Hall–Kier alpha value is -3.84. The molecule has 0 atom stereocenters. The number of halogens is 1. The number of rotatable bonds is 9. The van der Waals surface area contributed by atoms with Crippen LogP contribution in [-0.4, -0.2) is 27.5 Å². The van der Waals surface area contributed by atoms with E-state index < -0.39 is 28.5 Å². The zero-order chi connectivity index (χ0) is 24.1. The fourth-order valence-corrected chi connectivity index (χ4v) is 4.77. The minimum atomic E-state index is -4.26. The number of unbranched alkanes of at least 4 members (excludes halogenated alkanes) is 2. The first-order chi connectivity index (χ1) is 16.4. The molecule has 10 heteroatoms. The molecule has 1 heterocycles. The highest BCUT2D eigenvalue weighted by Crippen LogP contribution is 2.40. The van der Waals surface area contributed by atoms with Gasteiger partial charge in [-0.25, -0.2) is 13.4 Å². The van der Waals surface area contributed by atoms with E-state index >= 15 is 4.39 Å². The molecule has 0 bridgehead atoms. The molecule has 3 aromatic rings. The molecule has 1 amide bonds. The lowest BCUT2D eigenvalue weighted by atomic mass is 10.1. The molecule has 1 aliphatic heterocycles. The van der Waals surface area contributed by atoms with Gasteiger partial charge in [-0.15, -0.1) is 0 Å². The van der Waals surface area contributed by atoms with Crippen LogP contribution in [0.3, 0.4) is 0 Å². The average Bonchev–Trinajstić information content (AvgIpc) is 3.09. The second-order valence-corrected chi connectivity index (χ2v) is 9.29. The predicted molar refractivity (Wildman–Crippen MR) is 124 cm³/mol. The van der Waals surface area contributed by atoms with Crippen molar-refractivity contribution < 1.29 is 27.1 Å². The molecular weight excluding hydrogens is 461 g/mol. The average molecular weight is 484 g/mol. The summed E-state index contributed by atoms with van der Waals surface area (Å²) in [6.45, 7) is -0.113. The zero-order valence-corrected chi connectivity index (χ0v) is 19.0. The van der Waals surface area contributed by atoms with E-state index in [-0.39, 0.29) is 23.4 Å². The molecule has 0 aliphatic carbocycles. The summed E-state index contributed by atoms with van der Waals surface area (Å²) in [7, 11) is -4.26. The summed E-state index contributed by atoms with van der Waals surface area (Å²) in [6.07, 6.45) is 1.80. The van der Waals surface area contributed by atoms with Crippen molar-refractivity contribution in [3.8, 4) is 17.6 Å². The van der Waals surface area contributed by atoms with E-state index in [0.29, 0.717) is 41.3 Å². The van der Waals surface area contributed by atoms with E-state index in [2.05, 4.69) is 6.07 Å². The molecular formula is C24H22FN3O5S. The Kier molecular flexibility index (Phi) is 6.84. The number of hydrogen-bond acceptors (Lipinski definition) is 6. The standard InChI is InChI=1S/C24H22FN3O5S/c25-23-20-14-19(32-12-6-2-5-11-26)10-9-18(20)13-21(33-16-17-7-3-1-4-8-17)24(23)28-15-22(29)27-34(28,30)31/h1,3-4,7-10,13-14H,2,5-6,12,15-16H2,(H,27,29). The maximum Gasteiger partial charge on any atom is 0.326 e. The van der Waals surface area contributed by atoms with Gasteiger partial charge in [0.2, 0.25) is 0 Å². The van der Waals surface area contributed by atoms with E-state index in [0.717, 1.165) is 5.56 Å². The summed E-state index contributed by atoms with van der Waals surface area (Å²) in [5.41, 5.74) is 0.473. The number of hydrogen-bond donors (Lipinski definition) is 1. The van der Waals surface area contributed by atoms with Crippen molar-refractivity contribution in [3.05, 3.63) is 66.0 Å². The van der Waals surface area contributed by atoms with Crippen molar-refractivity contribution in [1.82, 2.24) is 4.72 Å². The summed E-state index contributed by atoms with van der Waals surface area (Å²) in [6, 6.07) is 17.6. The van der Waals surface area contributed by atoms with Crippen LogP contribution >= 0.6 is 0 Å². The number of ether oxygens (including phenoxy) is 2. The van der Waals surface area contributed by atoms with Crippen LogP contribution in [0.25, 0.3) is 10.8 Å². The third-order valence-electron chi connectivity index (χ3n) is 5.25. The molecule has 4 rings (SSSR count). The molecule has 1 saturated heterocycles. The van der Waals surface area contributed by atoms with Gasteiger partial charge >= 0.3 is 10.2 Å². The van der Waals surface area contributed by atoms with E-state index in [1.807, 2.05) is 35.1 Å². The monoisotopic (exact) mass is 483 g/mol. The zero-order valence-electron chi connectivity index (χ0n) is 18.2. The number of nitrogens with one attached hydrogen (secondary N) is 1. The Bertz CT molecular complexity index is 1360. The number of fused-ring (bicyclic) bond motifs is 1. The predicted octanol–water partition coefficient (Wildman–Crippen LogP) is 3.81. The fourth-order valence-electron chi connectivity index (χ4n) is 3.61. The van der Waals surface area contributed by atoms with Gasteiger partial charge < -0.3 is 9.47 Å². The lowest BCUT2D eigenvalue weighted by Gasteiger charge is -2.21. The highest BCUT2D eigenvalue weighted by atomic mass is 32.2. The first-order valence-corrected chi connectivity index (χ1v) is 12.1. The number of anilines is 1. The Morgan fingerprint density at radius 3 is 2.59 bits per heavy atom. The molecule has 3 aromatic carbocycles. The third-order valence-corrected chi connectivity index (χ3v) is 6.63. The van der Waals surface area contributed by atoms with Gasteiger partial charge in [0.1, 0.15) is 30.3 Å². The quantitative estimate of drug-likeness (QED) is 0.464. The summed E-state index contributed by atoms with van der Waals surface area (Å²) >= 11 is 0. The highest BCUT2D eigenvalue weighted by molar-refractivity contribution is 7.92. The molecule has 0 aromatic heterocycles. The van der Waals surface area contributed by atoms with Crippen LogP contribution in [0.4, 0.5) is 10.1 Å². The van der Waals surface area contributed by atoms with Crippen molar-refractivity contribution in [2.45, 2.75) is 25.9 Å². The number of benzene rings is 3. The molecule has 1 fully saturated rings. The van der Waals surface area contributed by atoms with Crippen molar-refractivity contribution >= 4 is 32.6 Å². The first-order valence-electron chi connectivity index (χ1n) is 10.6. The first kappa shape index (κ1) is 23.3. The van der Waals surface area contributed by atoms with Crippen LogP contribution < -0.4 is 18.5 Å². The Balaban J connectivity index is 1.71. The minimum absolute atomic E-state index is 0.000833. The Labute approximate surface area is 196 Å². The topological polar surface area (TPSA) is 109 Å². The molecule has 8 nitrogen and oxygen atoms in total. The number of amides is 1. The Morgan fingerprint density at radius 1 is 1.09 bits per heavy atom. The molecule has 0 spiro atoms. The maximum absolute atomic E-state index is 15.8. The smallest absolute Gasteiger partial charge is 0.326 e. The molecule has 0 unspecified atom stereocenters. The molecule has 34 heavy (non-hydrogen) atoms. The van der Waals surface area contributed by atoms with E-state index in [9.17, 15) is 13.2 Å². The second kappa shape index (κ2) is 9.97. The van der Waals surface area contributed by atoms with Crippen molar-refractivity contribution in [3.63, 3.8) is 0 Å². The summed E-state index contributed by atoms with van der Waals surface area (Å²) in [5, 5.41) is 9.23. The number of nitriles is 1. The van der Waals surface area contributed by atoms with Gasteiger partial charge in [0, 0.05) is 11.8 Å². The van der Waals surface area contributed by atoms with E-state index in [1.165, 1.54) is 6.07 Å². The lowest BCUT2D eigenvalue weighted by Crippen LogP contribution is -2.30. The summed E-state index contributed by atoms with van der Waals surface area (Å²) in [4.78, 5) is 11.8. The van der Waals surface area contributed by atoms with Crippen molar-refractivity contribution in [1.29, 1.82) is 5.26 Å². The van der Waals surface area contributed by atoms with Gasteiger partial charge in [0.05, 0.1) is 12.7 Å². The largest absolute Gasteiger partial charge is 0.494 e. The fraction of sp³-hybridized carbons (Fsp3) is 0.250. The van der Waals surface area contributed by atoms with Crippen LogP contribution in [0.5, 0.6) is 11.5 Å². The minimum Gasteiger partial charge on any atom is -0.494 e. The van der Waals surface area contributed by atoms with Crippen molar-refractivity contribution in [2.75, 3.05) is 17.5 Å².